The summed E-state index contributed by atoms with van der Waals surface area (Å²) in [5.74, 6) is 0.322. The molecule has 1 aromatic rings. The highest BCUT2D eigenvalue weighted by Gasteiger charge is 2.25. The lowest BCUT2D eigenvalue weighted by molar-refractivity contribution is 0.475. The number of rotatable bonds is 0. The van der Waals surface area contributed by atoms with Crippen LogP contribution < -0.4 is 0 Å². The van der Waals surface area contributed by atoms with E-state index in [4.69, 9.17) is 0 Å². The minimum absolute atomic E-state index is 0.322. The van der Waals surface area contributed by atoms with Gasteiger partial charge in [-0.25, -0.2) is 0 Å². The van der Waals surface area contributed by atoms with Gasteiger partial charge in [0.1, 0.15) is 5.75 Å². The van der Waals surface area contributed by atoms with E-state index < -0.39 is 0 Å². The second-order valence-corrected chi connectivity index (χ2v) is 4.78. The van der Waals surface area contributed by atoms with E-state index in [1.165, 1.54) is 22.3 Å². The van der Waals surface area contributed by atoms with Crippen molar-refractivity contribution in [3.63, 3.8) is 0 Å². The predicted octanol–water partition coefficient (Wildman–Crippen LogP) is 3.77. The van der Waals surface area contributed by atoms with E-state index in [1.54, 1.807) is 6.07 Å². The first-order valence-electron chi connectivity index (χ1n) is 5.87. The third-order valence-electron chi connectivity index (χ3n) is 3.81. The number of allylic oxidation sites excluding steroid dienone is 3. The SMILES string of the molecule is CC1=NC2=C(C)c3cc(O)ccc3C(=C1C)C2. The first-order valence-corrected chi connectivity index (χ1v) is 5.87. The Bertz CT molecular complexity index is 618. The van der Waals surface area contributed by atoms with Crippen LogP contribution in [0, 0.1) is 0 Å². The van der Waals surface area contributed by atoms with Gasteiger partial charge >= 0.3 is 0 Å². The molecule has 0 fully saturated rings. The zero-order valence-electron chi connectivity index (χ0n) is 10.3. The van der Waals surface area contributed by atoms with Crippen LogP contribution in [0.15, 0.2) is 34.5 Å². The van der Waals surface area contributed by atoms with Crippen molar-refractivity contribution in [1.82, 2.24) is 0 Å². The summed E-state index contributed by atoms with van der Waals surface area (Å²) in [6.45, 7) is 6.28. The predicted molar refractivity (Wildman–Crippen MR) is 71.0 cm³/mol. The van der Waals surface area contributed by atoms with Crippen LogP contribution in [-0.4, -0.2) is 10.8 Å². The zero-order valence-corrected chi connectivity index (χ0v) is 10.3. The van der Waals surface area contributed by atoms with Gasteiger partial charge in [0.2, 0.25) is 0 Å². The van der Waals surface area contributed by atoms with Gasteiger partial charge in [0.15, 0.2) is 0 Å². The molecule has 0 aromatic heterocycles. The zero-order chi connectivity index (χ0) is 12.2. The largest absolute Gasteiger partial charge is 0.508 e. The van der Waals surface area contributed by atoms with E-state index in [-0.39, 0.29) is 0 Å². The Morgan fingerprint density at radius 1 is 1.06 bits per heavy atom. The number of dihydropyridines is 1. The van der Waals surface area contributed by atoms with Gasteiger partial charge in [0, 0.05) is 17.8 Å². The summed E-state index contributed by atoms with van der Waals surface area (Å²) in [5, 5.41) is 9.61. The molecule has 0 saturated heterocycles. The average Bonchev–Trinajstić information content (AvgIpc) is 2.31. The standard InChI is InChI=1S/C15H15NO/c1-8-10(3)16-15-7-14(8)12-5-4-11(17)6-13(12)9(15)2/h4-6,17H,7H2,1-3H3. The van der Waals surface area contributed by atoms with Crippen LogP contribution in [0.5, 0.6) is 5.75 Å². The third-order valence-corrected chi connectivity index (χ3v) is 3.81. The van der Waals surface area contributed by atoms with Crippen molar-refractivity contribution in [2.45, 2.75) is 27.2 Å². The average molecular weight is 225 g/mol. The van der Waals surface area contributed by atoms with Crippen molar-refractivity contribution in [2.75, 3.05) is 0 Å². The van der Waals surface area contributed by atoms with E-state index in [0.717, 1.165) is 23.4 Å². The fraction of sp³-hybridized carbons (Fsp3) is 0.267. The molecule has 0 spiro atoms. The first-order chi connectivity index (χ1) is 8.08. The number of phenolic OH excluding ortho intramolecular Hbond substituents is 1. The molecule has 1 N–H and O–H groups in total. The number of hydrogen-bond acceptors (Lipinski definition) is 2. The first kappa shape index (κ1) is 10.3. The number of aliphatic imine (C=N–C) groups is 1. The van der Waals surface area contributed by atoms with Crippen LogP contribution in [0.1, 0.15) is 38.3 Å². The van der Waals surface area contributed by atoms with Crippen LogP contribution in [0.3, 0.4) is 0 Å². The molecule has 1 aliphatic carbocycles. The van der Waals surface area contributed by atoms with E-state index in [2.05, 4.69) is 25.8 Å². The molecular formula is C15H15NO. The summed E-state index contributed by atoms with van der Waals surface area (Å²) in [6, 6.07) is 5.62. The molecule has 1 heterocycles. The number of aromatic hydroxyl groups is 1. The van der Waals surface area contributed by atoms with Crippen molar-refractivity contribution in [2.24, 2.45) is 4.99 Å². The normalized spacial score (nSPS) is 18.2. The number of nitrogens with zero attached hydrogens (tertiary/aromatic N) is 1. The van der Waals surface area contributed by atoms with Gasteiger partial charge in [-0.2, -0.15) is 0 Å². The Morgan fingerprint density at radius 3 is 2.59 bits per heavy atom. The van der Waals surface area contributed by atoms with Gasteiger partial charge in [-0.3, -0.25) is 4.99 Å². The second kappa shape index (κ2) is 3.33. The van der Waals surface area contributed by atoms with Crippen LogP contribution in [0.25, 0.3) is 11.1 Å². The van der Waals surface area contributed by atoms with Crippen LogP contribution in [-0.2, 0) is 0 Å². The van der Waals surface area contributed by atoms with Crippen molar-refractivity contribution in [3.05, 3.63) is 40.6 Å². The molecule has 0 amide bonds. The molecule has 17 heavy (non-hydrogen) atoms. The van der Waals surface area contributed by atoms with Gasteiger partial charge in [-0.05, 0) is 60.8 Å². The molecule has 1 aliphatic heterocycles. The van der Waals surface area contributed by atoms with Crippen molar-refractivity contribution < 1.29 is 5.11 Å². The van der Waals surface area contributed by atoms with Crippen molar-refractivity contribution in [1.29, 1.82) is 0 Å². The van der Waals surface area contributed by atoms with E-state index in [1.807, 2.05) is 12.1 Å². The quantitative estimate of drug-likeness (QED) is 0.716. The molecule has 0 radical (unpaired) electrons. The second-order valence-electron chi connectivity index (χ2n) is 4.78. The van der Waals surface area contributed by atoms with Gasteiger partial charge < -0.3 is 5.11 Å². The fourth-order valence-corrected chi connectivity index (χ4v) is 2.62. The van der Waals surface area contributed by atoms with Crippen molar-refractivity contribution >= 4 is 16.9 Å². The van der Waals surface area contributed by atoms with Gasteiger partial charge in [-0.1, -0.05) is 6.07 Å². The van der Waals surface area contributed by atoms with Gasteiger partial charge in [-0.15, -0.1) is 0 Å². The monoisotopic (exact) mass is 225 g/mol. The molecule has 3 rings (SSSR count). The Balaban J connectivity index is 2.38. The minimum Gasteiger partial charge on any atom is -0.508 e. The third kappa shape index (κ3) is 1.37. The summed E-state index contributed by atoms with van der Waals surface area (Å²) >= 11 is 0. The number of hydrogen-bond donors (Lipinski definition) is 1. The summed E-state index contributed by atoms with van der Waals surface area (Å²) in [7, 11) is 0. The number of phenols is 1. The molecule has 2 aliphatic rings. The summed E-state index contributed by atoms with van der Waals surface area (Å²) in [5.41, 5.74) is 8.43. The molecule has 2 nitrogen and oxygen atoms in total. The minimum atomic E-state index is 0.322. The molecule has 1 aromatic carbocycles. The van der Waals surface area contributed by atoms with Gasteiger partial charge in [0.05, 0.1) is 0 Å². The highest BCUT2D eigenvalue weighted by atomic mass is 16.3. The fourth-order valence-electron chi connectivity index (χ4n) is 2.62. The number of fused-ring (bicyclic) bond motifs is 4. The molecule has 0 saturated carbocycles. The Labute approximate surface area is 101 Å². The lowest BCUT2D eigenvalue weighted by Gasteiger charge is -2.27. The van der Waals surface area contributed by atoms with Crippen LogP contribution in [0.2, 0.25) is 0 Å². The molecule has 2 heteroatoms. The molecular weight excluding hydrogens is 210 g/mol. The maximum absolute atomic E-state index is 9.61. The van der Waals surface area contributed by atoms with Crippen LogP contribution in [0.4, 0.5) is 0 Å². The highest BCUT2D eigenvalue weighted by molar-refractivity contribution is 6.09. The molecule has 0 atom stereocenters. The Morgan fingerprint density at radius 2 is 1.82 bits per heavy atom. The van der Waals surface area contributed by atoms with Gasteiger partial charge in [0.25, 0.3) is 0 Å². The number of benzene rings is 1. The molecule has 2 bridgehead atoms. The Kier molecular flexibility index (Phi) is 2.02. The summed E-state index contributed by atoms with van der Waals surface area (Å²) < 4.78 is 0. The van der Waals surface area contributed by atoms with E-state index in [9.17, 15) is 5.11 Å². The highest BCUT2D eigenvalue weighted by Crippen LogP contribution is 2.43. The Hall–Kier alpha value is -1.83. The topological polar surface area (TPSA) is 32.6 Å². The molecule has 86 valence electrons. The van der Waals surface area contributed by atoms with E-state index in [0.29, 0.717) is 5.75 Å². The molecule has 0 unspecified atom stereocenters. The maximum atomic E-state index is 9.61. The summed E-state index contributed by atoms with van der Waals surface area (Å²) in [6.07, 6.45) is 0.923. The van der Waals surface area contributed by atoms with Crippen molar-refractivity contribution in [3.8, 4) is 5.75 Å². The maximum Gasteiger partial charge on any atom is 0.116 e. The lowest BCUT2D eigenvalue weighted by atomic mass is 9.81. The smallest absolute Gasteiger partial charge is 0.116 e. The van der Waals surface area contributed by atoms with E-state index >= 15 is 0 Å². The summed E-state index contributed by atoms with van der Waals surface area (Å²) in [4.78, 5) is 4.65. The lowest BCUT2D eigenvalue weighted by Crippen LogP contribution is -2.12. The van der Waals surface area contributed by atoms with Crippen LogP contribution >= 0.6 is 0 Å².